The summed E-state index contributed by atoms with van der Waals surface area (Å²) in [6.07, 6.45) is 2.06. The molecule has 2 aromatic rings. The van der Waals surface area contributed by atoms with E-state index in [1.807, 2.05) is 6.07 Å². The molecule has 0 N–H and O–H groups in total. The van der Waals surface area contributed by atoms with Crippen molar-refractivity contribution in [2.45, 2.75) is 45.2 Å². The molecular weight excluding hydrogens is 286 g/mol. The van der Waals surface area contributed by atoms with E-state index in [9.17, 15) is 8.78 Å². The van der Waals surface area contributed by atoms with Gasteiger partial charge in [-0.05, 0) is 43.0 Å². The molecule has 1 fully saturated rings. The molecule has 3 nitrogen and oxygen atoms in total. The molecule has 1 aromatic heterocycles. The topological polar surface area (TPSA) is 29.3 Å². The molecule has 0 spiro atoms. The van der Waals surface area contributed by atoms with Gasteiger partial charge < -0.3 is 4.52 Å². The molecule has 1 aromatic carbocycles. The van der Waals surface area contributed by atoms with Crippen LogP contribution in [0.25, 0.3) is 0 Å². The molecule has 0 radical (unpaired) electrons. The fraction of sp³-hybridized carbons (Fsp3) is 0.471. The van der Waals surface area contributed by atoms with Gasteiger partial charge >= 0.3 is 0 Å². The predicted molar refractivity (Wildman–Crippen MR) is 79.3 cm³/mol. The van der Waals surface area contributed by atoms with Crippen molar-refractivity contribution in [3.63, 3.8) is 0 Å². The normalized spacial score (nSPS) is 19.2. The number of rotatable bonds is 4. The van der Waals surface area contributed by atoms with Gasteiger partial charge in [-0.25, -0.2) is 8.78 Å². The summed E-state index contributed by atoms with van der Waals surface area (Å²) in [6, 6.07) is 6.26. The maximum absolute atomic E-state index is 13.3. The molecule has 0 aliphatic carbocycles. The third-order valence-corrected chi connectivity index (χ3v) is 4.20. The Hall–Kier alpha value is -1.75. The monoisotopic (exact) mass is 306 g/mol. The zero-order valence-corrected chi connectivity index (χ0v) is 12.9. The smallest absolute Gasteiger partial charge is 0.159 e. The lowest BCUT2D eigenvalue weighted by Crippen LogP contribution is -2.22. The molecule has 118 valence electrons. The van der Waals surface area contributed by atoms with Crippen LogP contribution in [0.2, 0.25) is 0 Å². The van der Waals surface area contributed by atoms with Crippen molar-refractivity contribution < 1.29 is 13.3 Å². The number of benzene rings is 1. The first-order valence-electron chi connectivity index (χ1n) is 7.69. The standard InChI is InChI=1S/C17H20F2N2O/c1-11(2)15-9-17(22-20-15)16-4-3-7-21(16)10-12-5-6-13(18)14(19)8-12/h5-6,8-9,11,16H,3-4,7,10H2,1-2H3/t16-/m1/s1. The number of likely N-dealkylation sites (tertiary alicyclic amines) is 1. The van der Waals surface area contributed by atoms with Crippen molar-refractivity contribution in [1.82, 2.24) is 10.1 Å². The molecule has 0 saturated carbocycles. The summed E-state index contributed by atoms with van der Waals surface area (Å²) < 4.78 is 31.9. The van der Waals surface area contributed by atoms with Gasteiger partial charge in [0.15, 0.2) is 17.4 Å². The lowest BCUT2D eigenvalue weighted by molar-refractivity contribution is 0.206. The molecule has 1 atom stereocenters. The predicted octanol–water partition coefficient (Wildman–Crippen LogP) is 4.41. The first-order chi connectivity index (χ1) is 10.5. The van der Waals surface area contributed by atoms with Crippen LogP contribution in [-0.4, -0.2) is 16.6 Å². The zero-order chi connectivity index (χ0) is 15.7. The molecule has 1 aliphatic rings. The van der Waals surface area contributed by atoms with E-state index in [1.165, 1.54) is 12.1 Å². The fourth-order valence-electron chi connectivity index (χ4n) is 2.94. The average Bonchev–Trinajstić information content (AvgIpc) is 3.11. The van der Waals surface area contributed by atoms with E-state index in [-0.39, 0.29) is 6.04 Å². The van der Waals surface area contributed by atoms with E-state index >= 15 is 0 Å². The third-order valence-electron chi connectivity index (χ3n) is 4.20. The van der Waals surface area contributed by atoms with Crippen LogP contribution in [0.5, 0.6) is 0 Å². The highest BCUT2D eigenvalue weighted by Crippen LogP contribution is 2.34. The minimum Gasteiger partial charge on any atom is -0.359 e. The van der Waals surface area contributed by atoms with Crippen molar-refractivity contribution in [1.29, 1.82) is 0 Å². The Balaban J connectivity index is 1.76. The highest BCUT2D eigenvalue weighted by molar-refractivity contribution is 5.19. The largest absolute Gasteiger partial charge is 0.359 e. The maximum atomic E-state index is 13.3. The van der Waals surface area contributed by atoms with Crippen LogP contribution in [0.4, 0.5) is 8.78 Å². The van der Waals surface area contributed by atoms with Crippen molar-refractivity contribution in [3.05, 3.63) is 52.9 Å². The molecule has 22 heavy (non-hydrogen) atoms. The van der Waals surface area contributed by atoms with Gasteiger partial charge in [-0.15, -0.1) is 0 Å². The van der Waals surface area contributed by atoms with Crippen LogP contribution >= 0.6 is 0 Å². The van der Waals surface area contributed by atoms with Crippen LogP contribution in [0.15, 0.2) is 28.8 Å². The summed E-state index contributed by atoms with van der Waals surface area (Å²) in [6.45, 7) is 5.66. The Labute approximate surface area is 128 Å². The molecule has 3 rings (SSSR count). The van der Waals surface area contributed by atoms with Crippen LogP contribution in [0.3, 0.4) is 0 Å². The lowest BCUT2D eigenvalue weighted by atomic mass is 10.1. The second-order valence-electron chi connectivity index (χ2n) is 6.19. The average molecular weight is 306 g/mol. The minimum atomic E-state index is -0.807. The van der Waals surface area contributed by atoms with E-state index < -0.39 is 11.6 Å². The van der Waals surface area contributed by atoms with Crippen LogP contribution in [-0.2, 0) is 6.54 Å². The Kier molecular flexibility index (Phi) is 4.25. The summed E-state index contributed by atoms with van der Waals surface area (Å²) in [4.78, 5) is 2.23. The van der Waals surface area contributed by atoms with Crippen molar-refractivity contribution in [3.8, 4) is 0 Å². The summed E-state index contributed by atoms with van der Waals surface area (Å²) in [5.41, 5.74) is 1.73. The second-order valence-corrected chi connectivity index (χ2v) is 6.19. The van der Waals surface area contributed by atoms with E-state index in [0.29, 0.717) is 12.5 Å². The van der Waals surface area contributed by atoms with E-state index in [2.05, 4.69) is 23.9 Å². The second kappa shape index (κ2) is 6.16. The van der Waals surface area contributed by atoms with Gasteiger partial charge in [-0.1, -0.05) is 25.1 Å². The molecule has 0 bridgehead atoms. The number of aromatic nitrogens is 1. The first-order valence-corrected chi connectivity index (χ1v) is 7.69. The Morgan fingerprint density at radius 3 is 2.77 bits per heavy atom. The van der Waals surface area contributed by atoms with E-state index in [0.717, 1.165) is 36.4 Å². The summed E-state index contributed by atoms with van der Waals surface area (Å²) in [5.74, 6) is -0.407. The highest BCUT2D eigenvalue weighted by Gasteiger charge is 2.29. The number of halogens is 2. The fourth-order valence-corrected chi connectivity index (χ4v) is 2.94. The summed E-state index contributed by atoms with van der Waals surface area (Å²) in [5, 5.41) is 4.12. The maximum Gasteiger partial charge on any atom is 0.159 e. The van der Waals surface area contributed by atoms with Gasteiger partial charge in [0.05, 0.1) is 11.7 Å². The van der Waals surface area contributed by atoms with Gasteiger partial charge in [0.1, 0.15) is 0 Å². The van der Waals surface area contributed by atoms with Crippen LogP contribution < -0.4 is 0 Å². The van der Waals surface area contributed by atoms with Gasteiger partial charge in [0.2, 0.25) is 0 Å². The molecule has 0 amide bonds. The van der Waals surface area contributed by atoms with E-state index in [4.69, 9.17) is 4.52 Å². The molecule has 5 heteroatoms. The summed E-state index contributed by atoms with van der Waals surface area (Å²) >= 11 is 0. The molecule has 2 heterocycles. The molecule has 1 aliphatic heterocycles. The number of nitrogens with zero attached hydrogens (tertiary/aromatic N) is 2. The van der Waals surface area contributed by atoms with Crippen molar-refractivity contribution in [2.75, 3.05) is 6.54 Å². The number of hydrogen-bond acceptors (Lipinski definition) is 3. The molecular formula is C17H20F2N2O. The van der Waals surface area contributed by atoms with Crippen LogP contribution in [0.1, 0.15) is 55.7 Å². The quantitative estimate of drug-likeness (QED) is 0.837. The van der Waals surface area contributed by atoms with E-state index in [1.54, 1.807) is 6.07 Å². The Morgan fingerprint density at radius 2 is 2.09 bits per heavy atom. The van der Waals surface area contributed by atoms with Gasteiger partial charge in [-0.3, -0.25) is 4.90 Å². The lowest BCUT2D eigenvalue weighted by Gasteiger charge is -2.22. The highest BCUT2D eigenvalue weighted by atomic mass is 19.2. The Morgan fingerprint density at radius 1 is 1.27 bits per heavy atom. The van der Waals surface area contributed by atoms with Gasteiger partial charge in [-0.2, -0.15) is 0 Å². The first kappa shape index (κ1) is 15.2. The number of hydrogen-bond donors (Lipinski definition) is 0. The molecule has 1 saturated heterocycles. The van der Waals surface area contributed by atoms with Crippen molar-refractivity contribution >= 4 is 0 Å². The minimum absolute atomic E-state index is 0.160. The zero-order valence-electron chi connectivity index (χ0n) is 12.9. The van der Waals surface area contributed by atoms with Crippen molar-refractivity contribution in [2.24, 2.45) is 0 Å². The third kappa shape index (κ3) is 3.04. The molecule has 0 unspecified atom stereocenters. The van der Waals surface area contributed by atoms with Crippen LogP contribution in [0, 0.1) is 11.6 Å². The van der Waals surface area contributed by atoms with Gasteiger partial charge in [0.25, 0.3) is 0 Å². The van der Waals surface area contributed by atoms with Gasteiger partial charge in [0, 0.05) is 12.6 Å². The Bertz CT molecular complexity index is 654. The summed E-state index contributed by atoms with van der Waals surface area (Å²) in [7, 11) is 0. The SMILES string of the molecule is CC(C)c1cc([C@H]2CCCN2Cc2ccc(F)c(F)c2)on1.